The molecule has 22 heavy (non-hydrogen) atoms. The zero-order chi connectivity index (χ0) is 15.5. The van der Waals surface area contributed by atoms with Gasteiger partial charge in [-0.05, 0) is 47.9 Å². The van der Waals surface area contributed by atoms with Crippen molar-refractivity contribution in [2.75, 3.05) is 7.11 Å². The summed E-state index contributed by atoms with van der Waals surface area (Å²) in [4.78, 5) is 11.1. The van der Waals surface area contributed by atoms with Crippen molar-refractivity contribution in [1.82, 2.24) is 0 Å². The molecule has 2 aromatic carbocycles. The molecular weight excluding hydrogens is 276 g/mol. The molecular formula is C19H20O3. The highest BCUT2D eigenvalue weighted by atomic mass is 16.5. The number of para-hydroxylation sites is 1. The van der Waals surface area contributed by atoms with E-state index in [-0.39, 0.29) is 12.3 Å². The average molecular weight is 296 g/mol. The maximum Gasteiger partial charge on any atom is 0.303 e. The maximum absolute atomic E-state index is 11.1. The Hall–Kier alpha value is -2.29. The lowest BCUT2D eigenvalue weighted by Crippen LogP contribution is -2.13. The fraction of sp³-hybridized carbons (Fsp3) is 0.316. The van der Waals surface area contributed by atoms with Gasteiger partial charge in [-0.15, -0.1) is 0 Å². The van der Waals surface area contributed by atoms with Crippen LogP contribution < -0.4 is 4.74 Å². The van der Waals surface area contributed by atoms with Gasteiger partial charge in [0.05, 0.1) is 13.5 Å². The van der Waals surface area contributed by atoms with Gasteiger partial charge in [-0.1, -0.05) is 36.4 Å². The largest absolute Gasteiger partial charge is 0.496 e. The van der Waals surface area contributed by atoms with E-state index in [0.717, 1.165) is 36.1 Å². The van der Waals surface area contributed by atoms with E-state index in [9.17, 15) is 4.79 Å². The molecule has 0 fully saturated rings. The van der Waals surface area contributed by atoms with E-state index >= 15 is 0 Å². The maximum atomic E-state index is 11.1. The molecule has 1 atom stereocenters. The Morgan fingerprint density at radius 1 is 1.27 bits per heavy atom. The lowest BCUT2D eigenvalue weighted by Gasteiger charge is -2.25. The lowest BCUT2D eigenvalue weighted by atomic mass is 9.80. The Bertz CT molecular complexity index is 691. The number of carboxylic acid groups (broad SMARTS) is 1. The van der Waals surface area contributed by atoms with Crippen LogP contribution in [0.2, 0.25) is 0 Å². The Morgan fingerprint density at radius 3 is 2.86 bits per heavy atom. The van der Waals surface area contributed by atoms with Crippen molar-refractivity contribution in [3.8, 4) is 16.9 Å². The van der Waals surface area contributed by atoms with Crippen molar-refractivity contribution >= 4 is 5.97 Å². The molecule has 3 heteroatoms. The molecule has 0 aromatic heterocycles. The van der Waals surface area contributed by atoms with E-state index in [0.29, 0.717) is 0 Å². The van der Waals surface area contributed by atoms with Gasteiger partial charge in [0.15, 0.2) is 0 Å². The summed E-state index contributed by atoms with van der Waals surface area (Å²) < 4.78 is 5.44. The van der Waals surface area contributed by atoms with Crippen LogP contribution in [0, 0.1) is 0 Å². The topological polar surface area (TPSA) is 46.5 Å². The monoisotopic (exact) mass is 296 g/mol. The molecule has 114 valence electrons. The molecule has 0 amide bonds. The van der Waals surface area contributed by atoms with Gasteiger partial charge in [-0.25, -0.2) is 0 Å². The first-order chi connectivity index (χ1) is 10.7. The van der Waals surface area contributed by atoms with Gasteiger partial charge >= 0.3 is 5.97 Å². The standard InChI is InChI=1S/C19H20O3/c1-22-18-8-3-2-7-16(18)15-10-9-13-5-4-6-14(12-19(20)21)17(13)11-15/h2-3,7-11,14H,4-6,12H2,1H3,(H,20,21). The van der Waals surface area contributed by atoms with Gasteiger partial charge in [0.2, 0.25) is 0 Å². The predicted octanol–water partition coefficient (Wildman–Crippen LogP) is 4.26. The lowest BCUT2D eigenvalue weighted by molar-refractivity contribution is -0.137. The van der Waals surface area contributed by atoms with E-state index in [2.05, 4.69) is 18.2 Å². The van der Waals surface area contributed by atoms with Gasteiger partial charge < -0.3 is 9.84 Å². The van der Waals surface area contributed by atoms with E-state index in [1.54, 1.807) is 7.11 Å². The smallest absolute Gasteiger partial charge is 0.303 e. The van der Waals surface area contributed by atoms with Crippen LogP contribution in [0.1, 0.15) is 36.3 Å². The first-order valence-corrected chi connectivity index (χ1v) is 7.67. The molecule has 0 radical (unpaired) electrons. The average Bonchev–Trinajstić information content (AvgIpc) is 2.54. The molecule has 0 aliphatic heterocycles. The second-order valence-electron chi connectivity index (χ2n) is 5.80. The summed E-state index contributed by atoms with van der Waals surface area (Å²) >= 11 is 0. The first kappa shape index (κ1) is 14.6. The predicted molar refractivity (Wildman–Crippen MR) is 86.4 cm³/mol. The molecule has 0 spiro atoms. The number of carboxylic acids is 1. The summed E-state index contributed by atoms with van der Waals surface area (Å²) in [5.74, 6) is 0.240. The Morgan fingerprint density at radius 2 is 2.09 bits per heavy atom. The van der Waals surface area contributed by atoms with Crippen LogP contribution in [0.5, 0.6) is 5.75 Å². The Labute approximate surface area is 130 Å². The molecule has 1 aliphatic carbocycles. The summed E-state index contributed by atoms with van der Waals surface area (Å²) in [6, 6.07) is 14.3. The van der Waals surface area contributed by atoms with Crippen molar-refractivity contribution in [3.63, 3.8) is 0 Å². The van der Waals surface area contributed by atoms with E-state index in [1.165, 1.54) is 11.1 Å². The summed E-state index contributed by atoms with van der Waals surface area (Å²) in [6.45, 7) is 0. The van der Waals surface area contributed by atoms with Gasteiger partial charge in [-0.2, -0.15) is 0 Å². The fourth-order valence-electron chi connectivity index (χ4n) is 3.37. The van der Waals surface area contributed by atoms with E-state index in [4.69, 9.17) is 9.84 Å². The van der Waals surface area contributed by atoms with Crippen LogP contribution in [0.15, 0.2) is 42.5 Å². The van der Waals surface area contributed by atoms with Gasteiger partial charge in [0.25, 0.3) is 0 Å². The number of carbonyl (C=O) groups is 1. The van der Waals surface area contributed by atoms with E-state index < -0.39 is 5.97 Å². The summed E-state index contributed by atoms with van der Waals surface area (Å²) in [6.07, 6.45) is 3.27. The van der Waals surface area contributed by atoms with Crippen molar-refractivity contribution in [2.45, 2.75) is 31.6 Å². The van der Waals surface area contributed by atoms with Crippen LogP contribution in [-0.2, 0) is 11.2 Å². The number of aliphatic carboxylic acids is 1. The highest BCUT2D eigenvalue weighted by Gasteiger charge is 2.23. The molecule has 0 bridgehead atoms. The van der Waals surface area contributed by atoms with Crippen LogP contribution in [0.4, 0.5) is 0 Å². The number of hydrogen-bond donors (Lipinski definition) is 1. The normalized spacial score (nSPS) is 16.9. The van der Waals surface area contributed by atoms with Crippen LogP contribution in [0.3, 0.4) is 0 Å². The number of rotatable bonds is 4. The molecule has 3 nitrogen and oxygen atoms in total. The number of methoxy groups -OCH3 is 1. The highest BCUT2D eigenvalue weighted by Crippen LogP contribution is 2.38. The minimum Gasteiger partial charge on any atom is -0.496 e. The number of benzene rings is 2. The van der Waals surface area contributed by atoms with Gasteiger partial charge in [0, 0.05) is 5.56 Å². The molecule has 1 aliphatic rings. The summed E-state index contributed by atoms with van der Waals surface area (Å²) in [5.41, 5.74) is 4.62. The first-order valence-electron chi connectivity index (χ1n) is 7.67. The van der Waals surface area contributed by atoms with Crippen LogP contribution in [0.25, 0.3) is 11.1 Å². The third-order valence-electron chi connectivity index (χ3n) is 4.42. The number of ether oxygens (including phenoxy) is 1. The molecule has 0 saturated carbocycles. The molecule has 0 saturated heterocycles. The minimum absolute atomic E-state index is 0.121. The number of fused-ring (bicyclic) bond motifs is 1. The molecule has 1 unspecified atom stereocenters. The van der Waals surface area contributed by atoms with Gasteiger partial charge in [-0.3, -0.25) is 4.79 Å². The zero-order valence-electron chi connectivity index (χ0n) is 12.7. The third-order valence-corrected chi connectivity index (χ3v) is 4.42. The van der Waals surface area contributed by atoms with Crippen molar-refractivity contribution < 1.29 is 14.6 Å². The van der Waals surface area contributed by atoms with Crippen LogP contribution >= 0.6 is 0 Å². The second-order valence-corrected chi connectivity index (χ2v) is 5.80. The Kier molecular flexibility index (Phi) is 4.14. The number of aryl methyl sites for hydroxylation is 1. The summed E-state index contributed by atoms with van der Waals surface area (Å²) in [5, 5.41) is 9.14. The SMILES string of the molecule is COc1ccccc1-c1ccc2c(c1)C(CC(=O)O)CCC2. The second kappa shape index (κ2) is 6.22. The molecule has 1 N–H and O–H groups in total. The Balaban J connectivity index is 2.03. The third kappa shape index (κ3) is 2.84. The molecule has 0 heterocycles. The quantitative estimate of drug-likeness (QED) is 0.917. The molecule has 3 rings (SSSR count). The molecule has 2 aromatic rings. The number of hydrogen-bond acceptors (Lipinski definition) is 2. The van der Waals surface area contributed by atoms with Crippen LogP contribution in [-0.4, -0.2) is 18.2 Å². The summed E-state index contributed by atoms with van der Waals surface area (Å²) in [7, 11) is 1.67. The zero-order valence-corrected chi connectivity index (χ0v) is 12.7. The van der Waals surface area contributed by atoms with Crippen molar-refractivity contribution in [2.24, 2.45) is 0 Å². The van der Waals surface area contributed by atoms with Gasteiger partial charge in [0.1, 0.15) is 5.75 Å². The minimum atomic E-state index is -0.722. The van der Waals surface area contributed by atoms with Crippen molar-refractivity contribution in [3.05, 3.63) is 53.6 Å². The van der Waals surface area contributed by atoms with Crippen molar-refractivity contribution in [1.29, 1.82) is 0 Å². The highest BCUT2D eigenvalue weighted by molar-refractivity contribution is 5.73. The van der Waals surface area contributed by atoms with E-state index in [1.807, 2.05) is 24.3 Å². The fourth-order valence-corrected chi connectivity index (χ4v) is 3.37.